The second-order valence-electron chi connectivity index (χ2n) is 5.57. The van der Waals surface area contributed by atoms with Crippen LogP contribution in [0.4, 0.5) is 0 Å². The number of rotatable bonds is 10. The number of unbranched alkanes of at least 4 members (excludes halogenated alkanes) is 5. The van der Waals surface area contributed by atoms with Crippen molar-refractivity contribution in [1.82, 2.24) is 5.32 Å². The van der Waals surface area contributed by atoms with Gasteiger partial charge in [-0.3, -0.25) is 0 Å². The zero-order valence-electron chi connectivity index (χ0n) is 12.3. The minimum absolute atomic E-state index is 0.343. The molecule has 0 bridgehead atoms. The summed E-state index contributed by atoms with van der Waals surface area (Å²) < 4.78 is 5.13. The molecular weight excluding hydrogens is 262 g/mol. The van der Waals surface area contributed by atoms with Crippen molar-refractivity contribution < 1.29 is 25.2 Å². The summed E-state index contributed by atoms with van der Waals surface area (Å²) in [5, 5.41) is 41.2. The van der Waals surface area contributed by atoms with Gasteiger partial charge >= 0.3 is 0 Å². The number of hydrogen-bond acceptors (Lipinski definition) is 6. The zero-order chi connectivity index (χ0) is 15.0. The molecule has 0 aliphatic carbocycles. The van der Waals surface area contributed by atoms with Crippen molar-refractivity contribution in [3.63, 3.8) is 0 Å². The van der Waals surface area contributed by atoms with Crippen molar-refractivity contribution in [2.45, 2.75) is 69.5 Å². The highest BCUT2D eigenvalue weighted by Gasteiger charge is 2.52. The van der Waals surface area contributed by atoms with Crippen LogP contribution in [0.1, 0.15) is 45.4 Å². The van der Waals surface area contributed by atoms with E-state index < -0.39 is 30.7 Å². The Hall–Kier alpha value is -0.240. The Kier molecular flexibility index (Phi) is 7.94. The fourth-order valence-corrected chi connectivity index (χ4v) is 2.44. The lowest BCUT2D eigenvalue weighted by molar-refractivity contribution is -0.245. The van der Waals surface area contributed by atoms with Crippen molar-refractivity contribution in [3.05, 3.63) is 0 Å². The maximum atomic E-state index is 9.74. The Balaban J connectivity index is 2.11. The van der Waals surface area contributed by atoms with Gasteiger partial charge in [-0.05, 0) is 13.0 Å². The van der Waals surface area contributed by atoms with Crippen LogP contribution < -0.4 is 5.32 Å². The summed E-state index contributed by atoms with van der Waals surface area (Å²) in [6.07, 6.45) is 3.89. The summed E-state index contributed by atoms with van der Waals surface area (Å²) in [6.45, 7) is 2.61. The van der Waals surface area contributed by atoms with Crippen molar-refractivity contribution in [2.75, 3.05) is 19.7 Å². The molecule has 0 aromatic rings. The Morgan fingerprint density at radius 2 is 1.75 bits per heavy atom. The Bertz CT molecular complexity index is 266. The van der Waals surface area contributed by atoms with E-state index in [-0.39, 0.29) is 0 Å². The largest absolute Gasteiger partial charge is 0.391 e. The highest BCUT2D eigenvalue weighted by Crippen LogP contribution is 2.28. The molecule has 6 nitrogen and oxygen atoms in total. The molecule has 6 heteroatoms. The molecule has 4 atom stereocenters. The van der Waals surface area contributed by atoms with Crippen LogP contribution in [0.2, 0.25) is 0 Å². The van der Waals surface area contributed by atoms with E-state index in [1.165, 1.54) is 32.1 Å². The van der Waals surface area contributed by atoms with E-state index in [1.807, 2.05) is 0 Å². The third-order valence-electron chi connectivity index (χ3n) is 3.80. The molecule has 1 fully saturated rings. The van der Waals surface area contributed by atoms with Crippen LogP contribution >= 0.6 is 0 Å². The second kappa shape index (κ2) is 8.92. The van der Waals surface area contributed by atoms with Crippen LogP contribution in [0.15, 0.2) is 0 Å². The van der Waals surface area contributed by atoms with Gasteiger partial charge in [-0.25, -0.2) is 0 Å². The van der Waals surface area contributed by atoms with Gasteiger partial charge in [0.25, 0.3) is 0 Å². The first-order valence-electron chi connectivity index (χ1n) is 7.63. The van der Waals surface area contributed by atoms with Gasteiger partial charge in [0, 0.05) is 6.54 Å². The molecule has 1 aliphatic rings. The summed E-state index contributed by atoms with van der Waals surface area (Å²) in [4.78, 5) is 0. The van der Waals surface area contributed by atoms with Crippen LogP contribution in [-0.2, 0) is 4.74 Å². The molecule has 120 valence electrons. The van der Waals surface area contributed by atoms with Gasteiger partial charge in [-0.2, -0.15) is 0 Å². The van der Waals surface area contributed by atoms with Gasteiger partial charge in [0.15, 0.2) is 0 Å². The average molecular weight is 291 g/mol. The summed E-state index contributed by atoms with van der Waals surface area (Å²) in [6, 6.07) is 0. The average Bonchev–Trinajstić information content (AvgIpc) is 2.67. The predicted octanol–water partition coefficient (Wildman–Crippen LogP) is -0.262. The van der Waals surface area contributed by atoms with Crippen LogP contribution in [0.25, 0.3) is 0 Å². The van der Waals surface area contributed by atoms with E-state index >= 15 is 0 Å². The quantitative estimate of drug-likeness (QED) is 0.355. The smallest absolute Gasteiger partial charge is 0.219 e. The predicted molar refractivity (Wildman–Crippen MR) is 75.2 cm³/mol. The lowest BCUT2D eigenvalue weighted by Gasteiger charge is -2.22. The molecule has 20 heavy (non-hydrogen) atoms. The van der Waals surface area contributed by atoms with Gasteiger partial charge in [0.05, 0.1) is 6.61 Å². The standard InChI is InChI=1S/C14H29NO5/c1-2-3-4-5-6-7-8-15-9-11-12(17)13(18)14(19,10-16)20-11/h11-13,15-19H,2-10H2,1H3/t11-,12+,13-,14+/m1/s1. The number of nitrogens with one attached hydrogen (secondary N) is 1. The lowest BCUT2D eigenvalue weighted by Crippen LogP contribution is -2.46. The molecule has 1 aliphatic heterocycles. The third-order valence-corrected chi connectivity index (χ3v) is 3.80. The van der Waals surface area contributed by atoms with E-state index in [0.29, 0.717) is 6.54 Å². The normalized spacial score (nSPS) is 33.8. The third kappa shape index (κ3) is 4.95. The Morgan fingerprint density at radius 1 is 1.10 bits per heavy atom. The van der Waals surface area contributed by atoms with Crippen LogP contribution in [0.3, 0.4) is 0 Å². The van der Waals surface area contributed by atoms with Crippen LogP contribution in [-0.4, -0.2) is 64.2 Å². The van der Waals surface area contributed by atoms with E-state index in [1.54, 1.807) is 0 Å². The van der Waals surface area contributed by atoms with Crippen LogP contribution in [0.5, 0.6) is 0 Å². The molecule has 0 unspecified atom stereocenters. The molecule has 0 saturated carbocycles. The minimum atomic E-state index is -2.05. The molecule has 0 aromatic heterocycles. The first-order chi connectivity index (χ1) is 9.55. The van der Waals surface area contributed by atoms with Crippen molar-refractivity contribution >= 4 is 0 Å². The summed E-state index contributed by atoms with van der Waals surface area (Å²) in [5.74, 6) is -2.05. The maximum Gasteiger partial charge on any atom is 0.219 e. The van der Waals surface area contributed by atoms with Gasteiger partial charge in [0.2, 0.25) is 5.79 Å². The van der Waals surface area contributed by atoms with E-state index in [9.17, 15) is 15.3 Å². The molecule has 5 N–H and O–H groups in total. The van der Waals surface area contributed by atoms with Gasteiger partial charge in [0.1, 0.15) is 18.3 Å². The van der Waals surface area contributed by atoms with Crippen molar-refractivity contribution in [3.8, 4) is 0 Å². The minimum Gasteiger partial charge on any atom is -0.391 e. The van der Waals surface area contributed by atoms with Crippen molar-refractivity contribution in [2.24, 2.45) is 0 Å². The van der Waals surface area contributed by atoms with Gasteiger partial charge in [-0.1, -0.05) is 39.0 Å². The Morgan fingerprint density at radius 3 is 2.35 bits per heavy atom. The number of ether oxygens (including phenoxy) is 1. The fraction of sp³-hybridized carbons (Fsp3) is 1.00. The number of hydrogen-bond donors (Lipinski definition) is 5. The topological polar surface area (TPSA) is 102 Å². The van der Waals surface area contributed by atoms with Crippen LogP contribution in [0, 0.1) is 0 Å². The lowest BCUT2D eigenvalue weighted by atomic mass is 10.1. The van der Waals surface area contributed by atoms with E-state index in [0.717, 1.165) is 13.0 Å². The summed E-state index contributed by atoms with van der Waals surface area (Å²) in [5.41, 5.74) is 0. The van der Waals surface area contributed by atoms with E-state index in [2.05, 4.69) is 12.2 Å². The molecule has 0 spiro atoms. The number of aliphatic hydroxyl groups is 4. The first kappa shape index (κ1) is 17.8. The highest BCUT2D eigenvalue weighted by atomic mass is 16.7. The Labute approximate surface area is 120 Å². The highest BCUT2D eigenvalue weighted by molar-refractivity contribution is 4.95. The zero-order valence-corrected chi connectivity index (χ0v) is 12.3. The molecular formula is C14H29NO5. The molecule has 1 saturated heterocycles. The van der Waals surface area contributed by atoms with E-state index in [4.69, 9.17) is 9.84 Å². The molecule has 0 aromatic carbocycles. The molecule has 1 heterocycles. The second-order valence-corrected chi connectivity index (χ2v) is 5.57. The fourth-order valence-electron chi connectivity index (χ4n) is 2.44. The first-order valence-corrected chi connectivity index (χ1v) is 7.63. The van der Waals surface area contributed by atoms with Crippen molar-refractivity contribution in [1.29, 1.82) is 0 Å². The molecule has 0 amide bonds. The maximum absolute atomic E-state index is 9.74. The van der Waals surface area contributed by atoms with Gasteiger partial charge < -0.3 is 30.5 Å². The van der Waals surface area contributed by atoms with Gasteiger partial charge in [-0.15, -0.1) is 0 Å². The molecule has 1 rings (SSSR count). The number of aliphatic hydroxyl groups excluding tert-OH is 3. The molecule has 0 radical (unpaired) electrons. The summed E-state index contributed by atoms with van der Waals surface area (Å²) in [7, 11) is 0. The summed E-state index contributed by atoms with van der Waals surface area (Å²) >= 11 is 0. The monoisotopic (exact) mass is 291 g/mol. The SMILES string of the molecule is CCCCCCCCNC[C@H]1O[C@@](O)(CO)[C@H](O)[C@H]1O.